The Morgan fingerprint density at radius 1 is 0.980 bits per heavy atom. The largest absolute Gasteiger partial charge is 0.464 e. The van der Waals surface area contributed by atoms with E-state index < -0.39 is 72.3 Å². The molecule has 0 bridgehead atoms. The van der Waals surface area contributed by atoms with Crippen LogP contribution in [0.5, 0.6) is 0 Å². The van der Waals surface area contributed by atoms with Crippen molar-refractivity contribution in [2.24, 2.45) is 0 Å². The third kappa shape index (κ3) is 11.3. The molecule has 3 atom stereocenters. The highest BCUT2D eigenvalue weighted by Gasteiger charge is 2.34. The van der Waals surface area contributed by atoms with Crippen molar-refractivity contribution in [3.63, 3.8) is 0 Å². The number of morpholine rings is 1. The summed E-state index contributed by atoms with van der Waals surface area (Å²) >= 11 is 0. The van der Waals surface area contributed by atoms with Gasteiger partial charge in [-0.2, -0.15) is 13.2 Å². The summed E-state index contributed by atoms with van der Waals surface area (Å²) in [6.45, 7) is 0.222. The van der Waals surface area contributed by atoms with E-state index in [9.17, 15) is 36.3 Å². The van der Waals surface area contributed by atoms with Crippen LogP contribution in [0.1, 0.15) is 47.4 Å². The van der Waals surface area contributed by atoms with E-state index in [-0.39, 0.29) is 48.8 Å². The first kappa shape index (κ1) is 37.4. The van der Waals surface area contributed by atoms with Gasteiger partial charge in [-0.25, -0.2) is 18.0 Å². The Morgan fingerprint density at radius 3 is 2.20 bits per heavy atom. The first-order chi connectivity index (χ1) is 23.3. The fourth-order valence-electron chi connectivity index (χ4n) is 5.64. The fraction of sp³-hybridized carbons (Fsp3) is 0.400. The number of carbonyl (C=O) groups is 3. The number of esters is 1. The Morgan fingerprint density at radius 2 is 1.63 bits per heavy atom. The molecule has 0 radical (unpaired) electrons. The van der Waals surface area contributed by atoms with Crippen LogP contribution in [0.4, 0.5) is 31.1 Å². The maximum absolute atomic E-state index is 15.2. The SMILES string of the molecule is COC(=O)N[C@H](C(=O)Cc1cccc(F)c1CC[C@@H]1CN[C@H](COC(=O)CCC(F)(F)F)CO1)C(c1cccc(F)c1)c1cccc(F)c1. The molecule has 1 heterocycles. The lowest BCUT2D eigenvalue weighted by Crippen LogP contribution is -2.49. The van der Waals surface area contributed by atoms with Gasteiger partial charge in [-0.1, -0.05) is 36.4 Å². The van der Waals surface area contributed by atoms with Crippen LogP contribution in [0, 0.1) is 17.5 Å². The number of methoxy groups -OCH3 is 1. The number of nitrogens with one attached hydrogen (secondary N) is 2. The third-order valence-corrected chi connectivity index (χ3v) is 8.08. The van der Waals surface area contributed by atoms with E-state index in [1.165, 1.54) is 48.5 Å². The average Bonchev–Trinajstić information content (AvgIpc) is 3.06. The molecule has 8 nitrogen and oxygen atoms in total. The molecule has 1 fully saturated rings. The number of Topliss-reactive ketones (excluding diaryl/α,β-unsaturated/α-hetero) is 1. The highest BCUT2D eigenvalue weighted by molar-refractivity contribution is 5.91. The molecule has 0 saturated carbocycles. The molecule has 1 aliphatic heterocycles. The fourth-order valence-corrected chi connectivity index (χ4v) is 5.64. The van der Waals surface area contributed by atoms with Crippen LogP contribution < -0.4 is 10.6 Å². The average molecular weight is 695 g/mol. The quantitative estimate of drug-likeness (QED) is 0.159. The number of hydrogen-bond acceptors (Lipinski definition) is 7. The predicted molar refractivity (Wildman–Crippen MR) is 165 cm³/mol. The molecule has 264 valence electrons. The molecule has 49 heavy (non-hydrogen) atoms. The topological polar surface area (TPSA) is 103 Å². The number of benzene rings is 3. The molecule has 0 spiro atoms. The van der Waals surface area contributed by atoms with Crippen LogP contribution in [0.25, 0.3) is 0 Å². The summed E-state index contributed by atoms with van der Waals surface area (Å²) in [5.41, 5.74) is 1.16. The van der Waals surface area contributed by atoms with Gasteiger partial charge >= 0.3 is 18.2 Å². The number of ketones is 1. The number of halogens is 6. The first-order valence-corrected chi connectivity index (χ1v) is 15.5. The van der Waals surface area contributed by atoms with Crippen molar-refractivity contribution in [1.29, 1.82) is 0 Å². The van der Waals surface area contributed by atoms with E-state index in [1.54, 1.807) is 18.2 Å². The van der Waals surface area contributed by atoms with Gasteiger partial charge in [0.15, 0.2) is 5.78 Å². The van der Waals surface area contributed by atoms with Crippen molar-refractivity contribution in [3.05, 3.63) is 106 Å². The van der Waals surface area contributed by atoms with Crippen LogP contribution >= 0.6 is 0 Å². The number of alkyl carbamates (subject to hydrolysis) is 1. The van der Waals surface area contributed by atoms with Gasteiger partial charge in [0, 0.05) is 18.9 Å². The minimum atomic E-state index is -4.46. The molecule has 4 rings (SSSR count). The number of amides is 1. The number of rotatable bonds is 14. The van der Waals surface area contributed by atoms with Crippen molar-refractivity contribution in [1.82, 2.24) is 10.6 Å². The van der Waals surface area contributed by atoms with E-state index in [2.05, 4.69) is 10.6 Å². The second kappa shape index (κ2) is 17.3. The molecule has 1 aliphatic rings. The Balaban J connectivity index is 1.45. The van der Waals surface area contributed by atoms with Crippen LogP contribution in [0.2, 0.25) is 0 Å². The molecule has 1 saturated heterocycles. The molecule has 0 unspecified atom stereocenters. The summed E-state index contributed by atoms with van der Waals surface area (Å²) in [6.07, 6.45) is -7.70. The van der Waals surface area contributed by atoms with Crippen molar-refractivity contribution in [2.75, 3.05) is 26.9 Å². The smallest absolute Gasteiger partial charge is 0.407 e. The lowest BCUT2D eigenvalue weighted by Gasteiger charge is -2.30. The second-order valence-electron chi connectivity index (χ2n) is 11.6. The Bertz CT molecular complexity index is 1550. The number of hydrogen-bond donors (Lipinski definition) is 2. The maximum Gasteiger partial charge on any atom is 0.407 e. The van der Waals surface area contributed by atoms with E-state index in [1.807, 2.05) is 0 Å². The molecular weight excluding hydrogens is 658 g/mol. The standard InChI is InChI=1S/C35H36F6N2O6/c1-47-34(46)43-33(32(22-6-2-8-24(36)15-22)23-7-3-9-25(37)16-23)30(44)17-21-5-4-10-29(38)28(21)12-11-27-18-42-26(19-48-27)20-49-31(45)13-14-35(39,40)41/h2-10,15-16,26-27,32-33,42H,11-14,17-20H2,1H3,(H,43,46)/t26-,27+,33+/m0/s1. The summed E-state index contributed by atoms with van der Waals surface area (Å²) in [4.78, 5) is 38.1. The Labute approximate surface area is 279 Å². The van der Waals surface area contributed by atoms with E-state index >= 15 is 4.39 Å². The van der Waals surface area contributed by atoms with Crippen LogP contribution in [0.15, 0.2) is 66.7 Å². The first-order valence-electron chi connectivity index (χ1n) is 15.5. The molecule has 0 aromatic heterocycles. The molecule has 2 N–H and O–H groups in total. The lowest BCUT2D eigenvalue weighted by atomic mass is 9.81. The second-order valence-corrected chi connectivity index (χ2v) is 11.6. The van der Waals surface area contributed by atoms with Gasteiger partial charge in [-0.05, 0) is 65.4 Å². The highest BCUT2D eigenvalue weighted by atomic mass is 19.4. The summed E-state index contributed by atoms with van der Waals surface area (Å²) in [6, 6.07) is 13.2. The Kier molecular flexibility index (Phi) is 13.2. The molecule has 3 aromatic rings. The van der Waals surface area contributed by atoms with Gasteiger partial charge in [0.25, 0.3) is 0 Å². The number of alkyl halides is 3. The number of carbonyl (C=O) groups excluding carboxylic acids is 3. The summed E-state index contributed by atoms with van der Waals surface area (Å²) in [5.74, 6) is -4.36. The van der Waals surface area contributed by atoms with Gasteiger partial charge < -0.3 is 24.8 Å². The monoisotopic (exact) mass is 694 g/mol. The van der Waals surface area contributed by atoms with Crippen molar-refractivity contribution >= 4 is 17.8 Å². The summed E-state index contributed by atoms with van der Waals surface area (Å²) in [7, 11) is 1.11. The highest BCUT2D eigenvalue weighted by Crippen LogP contribution is 2.31. The Hall–Kier alpha value is -4.43. The van der Waals surface area contributed by atoms with Gasteiger partial charge in [0.1, 0.15) is 30.1 Å². The molecule has 1 amide bonds. The van der Waals surface area contributed by atoms with Gasteiger partial charge in [0.2, 0.25) is 0 Å². The third-order valence-electron chi connectivity index (χ3n) is 8.08. The number of ether oxygens (including phenoxy) is 3. The normalized spacial score (nSPS) is 17.0. The minimum Gasteiger partial charge on any atom is -0.464 e. The zero-order chi connectivity index (χ0) is 35.6. The zero-order valence-electron chi connectivity index (χ0n) is 26.5. The molecular formula is C35H36F6N2O6. The zero-order valence-corrected chi connectivity index (χ0v) is 26.5. The minimum absolute atomic E-state index is 0.0995. The lowest BCUT2D eigenvalue weighted by molar-refractivity contribution is -0.158. The molecule has 3 aromatic carbocycles. The summed E-state index contributed by atoms with van der Waals surface area (Å²) < 4.78 is 96.4. The predicted octanol–water partition coefficient (Wildman–Crippen LogP) is 5.95. The van der Waals surface area contributed by atoms with Gasteiger partial charge in [-0.3, -0.25) is 9.59 Å². The molecule has 0 aliphatic carbocycles. The van der Waals surface area contributed by atoms with Gasteiger partial charge in [-0.15, -0.1) is 0 Å². The van der Waals surface area contributed by atoms with Gasteiger partial charge in [0.05, 0.1) is 38.7 Å². The maximum atomic E-state index is 15.2. The summed E-state index contributed by atoms with van der Waals surface area (Å²) in [5, 5.41) is 5.62. The van der Waals surface area contributed by atoms with Crippen LogP contribution in [0.3, 0.4) is 0 Å². The van der Waals surface area contributed by atoms with Crippen molar-refractivity contribution in [3.8, 4) is 0 Å². The van der Waals surface area contributed by atoms with E-state index in [0.717, 1.165) is 7.11 Å². The van der Waals surface area contributed by atoms with Crippen molar-refractivity contribution in [2.45, 2.75) is 62.4 Å². The van der Waals surface area contributed by atoms with E-state index in [4.69, 9.17) is 14.2 Å². The van der Waals surface area contributed by atoms with Crippen LogP contribution in [-0.2, 0) is 36.6 Å². The van der Waals surface area contributed by atoms with Crippen LogP contribution in [-0.4, -0.2) is 69.1 Å². The van der Waals surface area contributed by atoms with E-state index in [0.29, 0.717) is 18.5 Å². The van der Waals surface area contributed by atoms with Crippen molar-refractivity contribution < 1.29 is 54.9 Å². The molecule has 14 heteroatoms.